The molecule has 1 heteroatoms. The number of hydrogen-bond donors (Lipinski definition) is 0. The summed E-state index contributed by atoms with van der Waals surface area (Å²) in [4.78, 5) is 12.8. The zero-order valence-electron chi connectivity index (χ0n) is 24.3. The van der Waals surface area contributed by atoms with Crippen LogP contribution < -0.4 is 0 Å². The summed E-state index contributed by atoms with van der Waals surface area (Å²) in [5.74, 6) is 0.148. The van der Waals surface area contributed by atoms with Crippen molar-refractivity contribution in [2.24, 2.45) is 0 Å². The maximum absolute atomic E-state index is 12.8. The average Bonchev–Trinajstić information content (AvgIpc) is 2.83. The number of allylic oxidation sites excluding steroid dienone is 5. The number of hydrogen-bond acceptors (Lipinski definition) is 1. The van der Waals surface area contributed by atoms with E-state index in [0.29, 0.717) is 12.0 Å². The van der Waals surface area contributed by atoms with Gasteiger partial charge in [-0.05, 0) is 85.1 Å². The first-order chi connectivity index (χ1) is 16.9. The summed E-state index contributed by atoms with van der Waals surface area (Å²) in [5, 5.41) is 0. The minimum atomic E-state index is 0.148. The van der Waals surface area contributed by atoms with Gasteiger partial charge >= 0.3 is 0 Å². The molecular weight excluding hydrogens is 436 g/mol. The van der Waals surface area contributed by atoms with Gasteiger partial charge in [-0.25, -0.2) is 0 Å². The predicted molar refractivity (Wildman–Crippen MR) is 158 cm³/mol. The molecule has 0 heterocycles. The molecule has 0 spiro atoms. The minimum absolute atomic E-state index is 0.148. The maximum atomic E-state index is 12.8. The molecule has 3 rings (SSSR count). The number of aryl methyl sites for hydroxylation is 3. The zero-order valence-corrected chi connectivity index (χ0v) is 24.3. The van der Waals surface area contributed by atoms with Crippen LogP contribution in [0.4, 0.5) is 0 Å². The Kier molecular flexibility index (Phi) is 10.3. The topological polar surface area (TPSA) is 17.1 Å². The van der Waals surface area contributed by atoms with Gasteiger partial charge in [-0.3, -0.25) is 4.79 Å². The Bertz CT molecular complexity index is 1140. The van der Waals surface area contributed by atoms with Gasteiger partial charge in [0.2, 0.25) is 0 Å². The molecule has 0 saturated carbocycles. The van der Waals surface area contributed by atoms with Crippen molar-refractivity contribution in [2.45, 2.75) is 105 Å². The first-order valence-electron chi connectivity index (χ1n) is 13.7. The lowest BCUT2D eigenvalue weighted by molar-refractivity contribution is -0.115. The number of carbonyl (C=O) groups is 1. The van der Waals surface area contributed by atoms with Crippen LogP contribution in [0.1, 0.15) is 101 Å². The van der Waals surface area contributed by atoms with E-state index in [1.165, 1.54) is 51.8 Å². The fourth-order valence-electron chi connectivity index (χ4n) is 5.09. The summed E-state index contributed by atoms with van der Waals surface area (Å²) in [6.07, 6.45) is 10.3. The number of ketones is 1. The summed E-state index contributed by atoms with van der Waals surface area (Å²) in [6.45, 7) is 23.9. The Morgan fingerprint density at radius 1 is 0.944 bits per heavy atom. The van der Waals surface area contributed by atoms with Crippen LogP contribution in [0.3, 0.4) is 0 Å². The van der Waals surface area contributed by atoms with Crippen molar-refractivity contribution in [2.75, 3.05) is 0 Å². The molecule has 0 radical (unpaired) electrons. The van der Waals surface area contributed by atoms with E-state index in [2.05, 4.69) is 97.5 Å². The zero-order chi connectivity index (χ0) is 27.1. The largest absolute Gasteiger partial charge is 0.294 e. The fourth-order valence-corrected chi connectivity index (χ4v) is 5.09. The molecule has 0 saturated heterocycles. The second-order valence-electron chi connectivity index (χ2n) is 11.5. The van der Waals surface area contributed by atoms with E-state index in [0.717, 1.165) is 12.8 Å². The SMILES string of the molecule is C=C/C(=C\C=C(/C)Cc1cc2c(cc1C)C(C)(C)CCC2(C)C)C(=O)CCc1cccc(C)c1.CC. The third-order valence-corrected chi connectivity index (χ3v) is 7.59. The molecule has 0 bridgehead atoms. The highest BCUT2D eigenvalue weighted by Gasteiger charge is 2.37. The van der Waals surface area contributed by atoms with Crippen molar-refractivity contribution in [1.29, 1.82) is 0 Å². The van der Waals surface area contributed by atoms with Crippen molar-refractivity contribution < 1.29 is 4.79 Å². The Labute approximate surface area is 221 Å². The molecule has 0 unspecified atom stereocenters. The van der Waals surface area contributed by atoms with Gasteiger partial charge in [0.1, 0.15) is 0 Å². The van der Waals surface area contributed by atoms with Crippen LogP contribution in [0, 0.1) is 13.8 Å². The van der Waals surface area contributed by atoms with E-state index in [4.69, 9.17) is 0 Å². The standard InChI is InChI=1S/C33H42O.C2H6/c1-9-27(31(34)16-14-26-12-10-11-23(2)19-26)15-13-24(3)20-28-22-30-29(21-25(28)4)32(5,6)17-18-33(30,7)8;1-2/h9-13,15,19,21-22H,1,14,16-18,20H2,2-8H3;1-2H3/b24-13+,27-15+;. The molecule has 0 amide bonds. The molecular formula is C35H48O. The Balaban J connectivity index is 0.00000222. The molecule has 1 aliphatic carbocycles. The molecule has 0 N–H and O–H groups in total. The molecule has 2 aromatic rings. The third kappa shape index (κ3) is 7.42. The summed E-state index contributed by atoms with van der Waals surface area (Å²) < 4.78 is 0. The lowest BCUT2D eigenvalue weighted by Gasteiger charge is -2.42. The maximum Gasteiger partial charge on any atom is 0.163 e. The van der Waals surface area contributed by atoms with E-state index in [1.54, 1.807) is 6.08 Å². The highest BCUT2D eigenvalue weighted by Crippen LogP contribution is 2.46. The fraction of sp³-hybridized carbons (Fsp3) is 0.457. The minimum Gasteiger partial charge on any atom is -0.294 e. The highest BCUT2D eigenvalue weighted by atomic mass is 16.1. The lowest BCUT2D eigenvalue weighted by atomic mass is 9.62. The second kappa shape index (κ2) is 12.5. The highest BCUT2D eigenvalue weighted by molar-refractivity contribution is 5.98. The molecule has 0 aromatic heterocycles. The molecule has 2 aromatic carbocycles. The number of Topliss-reactive ketones (excluding diaryl/α,β-unsaturated/α-hetero) is 1. The molecule has 194 valence electrons. The number of fused-ring (bicyclic) bond motifs is 1. The smallest absolute Gasteiger partial charge is 0.163 e. The molecule has 1 nitrogen and oxygen atoms in total. The van der Waals surface area contributed by atoms with Crippen molar-refractivity contribution >= 4 is 5.78 Å². The Morgan fingerprint density at radius 2 is 1.56 bits per heavy atom. The summed E-state index contributed by atoms with van der Waals surface area (Å²) in [6, 6.07) is 13.3. The Hall–Kier alpha value is -2.67. The van der Waals surface area contributed by atoms with E-state index in [1.807, 2.05) is 19.9 Å². The first-order valence-corrected chi connectivity index (χ1v) is 13.7. The van der Waals surface area contributed by atoms with Crippen LogP contribution in [0.5, 0.6) is 0 Å². The van der Waals surface area contributed by atoms with Crippen molar-refractivity contribution in [1.82, 2.24) is 0 Å². The van der Waals surface area contributed by atoms with Gasteiger partial charge in [-0.2, -0.15) is 0 Å². The van der Waals surface area contributed by atoms with E-state index >= 15 is 0 Å². The first kappa shape index (κ1) is 29.6. The van der Waals surface area contributed by atoms with Crippen molar-refractivity contribution in [3.63, 3.8) is 0 Å². The predicted octanol–water partition coefficient (Wildman–Crippen LogP) is 9.48. The third-order valence-electron chi connectivity index (χ3n) is 7.59. The lowest BCUT2D eigenvalue weighted by Crippen LogP contribution is -2.34. The van der Waals surface area contributed by atoms with Gasteiger partial charge in [0.15, 0.2) is 5.78 Å². The molecule has 1 aliphatic rings. The van der Waals surface area contributed by atoms with Crippen molar-refractivity contribution in [3.05, 3.63) is 106 Å². The summed E-state index contributed by atoms with van der Waals surface area (Å²) >= 11 is 0. The molecule has 0 fully saturated rings. The quantitative estimate of drug-likeness (QED) is 0.269. The van der Waals surface area contributed by atoms with Gasteiger partial charge < -0.3 is 0 Å². The van der Waals surface area contributed by atoms with Crippen LogP contribution in [0.15, 0.2) is 72.4 Å². The van der Waals surface area contributed by atoms with Crippen LogP contribution in [0.2, 0.25) is 0 Å². The van der Waals surface area contributed by atoms with Gasteiger partial charge in [-0.1, -0.05) is 114 Å². The Morgan fingerprint density at radius 3 is 2.14 bits per heavy atom. The number of carbonyl (C=O) groups excluding carboxylic acids is 1. The van der Waals surface area contributed by atoms with Crippen molar-refractivity contribution in [3.8, 4) is 0 Å². The van der Waals surface area contributed by atoms with E-state index < -0.39 is 0 Å². The monoisotopic (exact) mass is 484 g/mol. The number of rotatable bonds is 8. The molecule has 0 atom stereocenters. The van der Waals surface area contributed by atoms with Gasteiger partial charge in [0, 0.05) is 12.0 Å². The normalized spacial score (nSPS) is 16.5. The molecule has 0 aliphatic heterocycles. The van der Waals surface area contributed by atoms with Gasteiger partial charge in [-0.15, -0.1) is 0 Å². The van der Waals surface area contributed by atoms with Crippen LogP contribution >= 0.6 is 0 Å². The number of benzene rings is 2. The van der Waals surface area contributed by atoms with E-state index in [-0.39, 0.29) is 16.6 Å². The summed E-state index contributed by atoms with van der Waals surface area (Å²) in [5.41, 5.74) is 10.6. The summed E-state index contributed by atoms with van der Waals surface area (Å²) in [7, 11) is 0. The van der Waals surface area contributed by atoms with Gasteiger partial charge in [0.25, 0.3) is 0 Å². The van der Waals surface area contributed by atoms with Crippen LogP contribution in [-0.2, 0) is 28.5 Å². The van der Waals surface area contributed by atoms with Gasteiger partial charge in [0.05, 0.1) is 0 Å². The van der Waals surface area contributed by atoms with E-state index in [9.17, 15) is 4.79 Å². The van der Waals surface area contributed by atoms with Crippen LogP contribution in [-0.4, -0.2) is 5.78 Å². The van der Waals surface area contributed by atoms with Crippen LogP contribution in [0.25, 0.3) is 0 Å². The molecule has 36 heavy (non-hydrogen) atoms. The second-order valence-corrected chi connectivity index (χ2v) is 11.5. The average molecular weight is 485 g/mol.